The summed E-state index contributed by atoms with van der Waals surface area (Å²) < 4.78 is 31.1. The predicted molar refractivity (Wildman–Crippen MR) is 124 cm³/mol. The van der Waals surface area contributed by atoms with E-state index in [9.17, 15) is 9.36 Å². The van der Waals surface area contributed by atoms with Crippen molar-refractivity contribution in [3.63, 3.8) is 0 Å². The van der Waals surface area contributed by atoms with Crippen molar-refractivity contribution in [2.75, 3.05) is 0 Å². The summed E-state index contributed by atoms with van der Waals surface area (Å²) in [6.45, 7) is 13.3. The van der Waals surface area contributed by atoms with E-state index in [1.165, 1.54) is 0 Å². The van der Waals surface area contributed by atoms with Crippen molar-refractivity contribution < 1.29 is 23.1 Å². The first-order chi connectivity index (χ1) is 14.5. The zero-order chi connectivity index (χ0) is 23.2. The second kappa shape index (κ2) is 10.8. The van der Waals surface area contributed by atoms with Gasteiger partial charge in [-0.3, -0.25) is 4.79 Å². The summed E-state index contributed by atoms with van der Waals surface area (Å²) in [6, 6.07) is 13.7. The topological polar surface area (TPSA) is 73.9 Å². The third kappa shape index (κ3) is 7.12. The van der Waals surface area contributed by atoms with E-state index in [4.69, 9.17) is 13.8 Å². The van der Waals surface area contributed by atoms with E-state index in [0.717, 1.165) is 11.1 Å². The van der Waals surface area contributed by atoms with Crippen molar-refractivity contribution >= 4 is 13.7 Å². The highest BCUT2D eigenvalue weighted by Gasteiger charge is 2.35. The Morgan fingerprint density at radius 1 is 0.806 bits per heavy atom. The molecule has 170 valence electrons. The third-order valence-electron chi connectivity index (χ3n) is 4.56. The first-order valence-electron chi connectivity index (χ1n) is 10.7. The molecule has 0 bridgehead atoms. The van der Waals surface area contributed by atoms with Gasteiger partial charge in [0.2, 0.25) is 0 Å². The van der Waals surface area contributed by atoms with Crippen molar-refractivity contribution in [1.82, 2.24) is 5.09 Å². The number of benzene rings is 2. The number of nitrogens with one attached hydrogen (secondary N) is 1. The molecule has 0 aliphatic rings. The van der Waals surface area contributed by atoms with Gasteiger partial charge in [0, 0.05) is 0 Å². The second-order valence-electron chi connectivity index (χ2n) is 8.40. The van der Waals surface area contributed by atoms with Gasteiger partial charge >= 0.3 is 13.7 Å². The lowest BCUT2D eigenvalue weighted by Gasteiger charge is -2.27. The highest BCUT2D eigenvalue weighted by atomic mass is 31.2. The lowest BCUT2D eigenvalue weighted by molar-refractivity contribution is -0.149. The fourth-order valence-electron chi connectivity index (χ4n) is 3.02. The number of ether oxygens (including phenoxy) is 1. The molecule has 0 aliphatic carbocycles. The number of rotatable bonds is 10. The summed E-state index contributed by atoms with van der Waals surface area (Å²) in [5.41, 5.74) is 1.84. The van der Waals surface area contributed by atoms with Crippen molar-refractivity contribution in [2.24, 2.45) is 0 Å². The van der Waals surface area contributed by atoms with Crippen LogP contribution in [-0.4, -0.2) is 18.1 Å². The summed E-state index contributed by atoms with van der Waals surface area (Å²) in [4.78, 5) is 12.4. The van der Waals surface area contributed by atoms with E-state index in [1.54, 1.807) is 45.0 Å². The highest BCUT2D eigenvalue weighted by molar-refractivity contribution is 7.52. The van der Waals surface area contributed by atoms with Crippen molar-refractivity contribution in [3.05, 3.63) is 59.7 Å². The van der Waals surface area contributed by atoms with Gasteiger partial charge in [-0.25, -0.2) is 4.57 Å². The van der Waals surface area contributed by atoms with Gasteiger partial charge < -0.3 is 13.8 Å². The summed E-state index contributed by atoms with van der Waals surface area (Å²) in [5, 5.41) is 2.76. The van der Waals surface area contributed by atoms with E-state index in [-0.39, 0.29) is 17.9 Å². The van der Waals surface area contributed by atoms with E-state index in [0.29, 0.717) is 11.5 Å². The number of hydrogen-bond donors (Lipinski definition) is 1. The Kier molecular flexibility index (Phi) is 8.72. The van der Waals surface area contributed by atoms with E-state index in [2.05, 4.69) is 5.09 Å². The minimum Gasteiger partial charge on any atom is -0.462 e. The van der Waals surface area contributed by atoms with Crippen LogP contribution in [0.25, 0.3) is 0 Å². The van der Waals surface area contributed by atoms with Crippen LogP contribution in [0.5, 0.6) is 11.5 Å². The van der Waals surface area contributed by atoms with E-state index >= 15 is 0 Å². The van der Waals surface area contributed by atoms with Crippen LogP contribution in [0.2, 0.25) is 0 Å². The lowest BCUT2D eigenvalue weighted by Crippen LogP contribution is -2.37. The van der Waals surface area contributed by atoms with Crippen molar-refractivity contribution in [3.8, 4) is 11.5 Å². The molecule has 0 heterocycles. The van der Waals surface area contributed by atoms with Gasteiger partial charge in [0.25, 0.3) is 0 Å². The molecule has 0 amide bonds. The Morgan fingerprint density at radius 2 is 1.35 bits per heavy atom. The molecule has 0 fully saturated rings. The van der Waals surface area contributed by atoms with Gasteiger partial charge in [0.15, 0.2) is 0 Å². The third-order valence-corrected chi connectivity index (χ3v) is 6.14. The maximum atomic E-state index is 13.9. The molecule has 0 radical (unpaired) electrons. The van der Waals surface area contributed by atoms with Gasteiger partial charge in [-0.2, -0.15) is 5.09 Å². The van der Waals surface area contributed by atoms with Crippen molar-refractivity contribution in [1.29, 1.82) is 0 Å². The van der Waals surface area contributed by atoms with E-state index < -0.39 is 19.8 Å². The maximum absolute atomic E-state index is 13.9. The van der Waals surface area contributed by atoms with Gasteiger partial charge in [0.05, 0.1) is 6.10 Å². The number of carbonyl (C=O) groups excluding carboxylic acids is 1. The van der Waals surface area contributed by atoms with Gasteiger partial charge in [0.1, 0.15) is 17.5 Å². The van der Waals surface area contributed by atoms with Crippen LogP contribution in [0.1, 0.15) is 71.4 Å². The summed E-state index contributed by atoms with van der Waals surface area (Å²) >= 11 is 0. The Balaban J connectivity index is 2.47. The van der Waals surface area contributed by atoms with Crippen LogP contribution in [0.4, 0.5) is 0 Å². The molecule has 7 heteroatoms. The van der Waals surface area contributed by atoms with Crippen LogP contribution in [-0.2, 0) is 14.1 Å². The molecule has 31 heavy (non-hydrogen) atoms. The zero-order valence-electron chi connectivity index (χ0n) is 19.4. The molecule has 0 saturated heterocycles. The Bertz CT molecular complexity index is 885. The molecular weight excluding hydrogens is 413 g/mol. The molecule has 0 aliphatic heterocycles. The number of para-hydroxylation sites is 2. The molecule has 2 aromatic carbocycles. The van der Waals surface area contributed by atoms with Crippen LogP contribution >= 0.6 is 7.75 Å². The monoisotopic (exact) mass is 447 g/mol. The molecular formula is C24H34NO5P. The Hall–Kier alpha value is -2.30. The van der Waals surface area contributed by atoms with Gasteiger partial charge in [-0.05, 0) is 55.9 Å². The molecule has 1 unspecified atom stereocenters. The van der Waals surface area contributed by atoms with Crippen molar-refractivity contribution in [2.45, 2.75) is 72.4 Å². The summed E-state index contributed by atoms with van der Waals surface area (Å²) in [7, 11) is -4.00. The minimum atomic E-state index is -4.00. The number of esters is 1. The maximum Gasteiger partial charge on any atom is 0.513 e. The molecule has 0 aromatic heterocycles. The SMILES string of the molecule is CC(C)OC(=O)[C@H](C)NP(=O)(Oc1ccccc1)Oc1c(C(C)C)cccc1C(C)C. The Morgan fingerprint density at radius 3 is 1.84 bits per heavy atom. The molecule has 2 rings (SSSR count). The quantitative estimate of drug-likeness (QED) is 0.334. The standard InChI is InChI=1S/C24H34NO5P/c1-16(2)21-14-11-15-22(17(3)4)23(21)30-31(27,29-20-12-9-8-10-13-20)25-19(7)24(26)28-18(5)6/h8-19H,1-7H3,(H,25,27)/t19-,31?/m0/s1. The lowest BCUT2D eigenvalue weighted by atomic mass is 9.94. The zero-order valence-corrected chi connectivity index (χ0v) is 20.3. The molecule has 0 saturated carbocycles. The number of carbonyl (C=O) groups is 1. The van der Waals surface area contributed by atoms with Crippen LogP contribution in [0.15, 0.2) is 48.5 Å². The molecule has 1 N–H and O–H groups in total. The smallest absolute Gasteiger partial charge is 0.462 e. The molecule has 2 atom stereocenters. The van der Waals surface area contributed by atoms with Crippen LogP contribution in [0.3, 0.4) is 0 Å². The molecule has 0 spiro atoms. The summed E-state index contributed by atoms with van der Waals surface area (Å²) in [5.74, 6) is 0.640. The van der Waals surface area contributed by atoms with Crippen LogP contribution in [0, 0.1) is 0 Å². The van der Waals surface area contributed by atoms with Gasteiger partial charge in [-0.15, -0.1) is 0 Å². The molecule has 6 nitrogen and oxygen atoms in total. The minimum absolute atomic E-state index is 0.141. The fourth-order valence-corrected chi connectivity index (χ4v) is 4.60. The first kappa shape index (κ1) is 25.0. The normalized spacial score (nSPS) is 14.4. The predicted octanol–water partition coefficient (Wildman–Crippen LogP) is 6.43. The highest BCUT2D eigenvalue weighted by Crippen LogP contribution is 2.49. The second-order valence-corrected chi connectivity index (χ2v) is 10.0. The average Bonchev–Trinajstić information content (AvgIpc) is 2.67. The van der Waals surface area contributed by atoms with Gasteiger partial charge in [-0.1, -0.05) is 64.1 Å². The average molecular weight is 448 g/mol. The summed E-state index contributed by atoms with van der Waals surface area (Å²) in [6.07, 6.45) is -0.290. The first-order valence-corrected chi connectivity index (χ1v) is 12.2. The molecule has 2 aromatic rings. The largest absolute Gasteiger partial charge is 0.513 e. The fraction of sp³-hybridized carbons (Fsp3) is 0.458. The number of hydrogen-bond acceptors (Lipinski definition) is 5. The van der Waals surface area contributed by atoms with E-state index in [1.807, 2.05) is 52.0 Å². The van der Waals surface area contributed by atoms with Crippen LogP contribution < -0.4 is 14.1 Å². The Labute approximate surface area is 185 Å².